The van der Waals surface area contributed by atoms with Crippen LogP contribution in [-0.2, 0) is 16.6 Å². The zero-order valence-corrected chi connectivity index (χ0v) is 11.3. The van der Waals surface area contributed by atoms with Crippen LogP contribution in [0.4, 0.5) is 5.82 Å². The van der Waals surface area contributed by atoms with Gasteiger partial charge in [0.2, 0.25) is 0 Å². The van der Waals surface area contributed by atoms with Crippen LogP contribution in [0.25, 0.3) is 0 Å². The summed E-state index contributed by atoms with van der Waals surface area (Å²) in [5, 5.41) is 9.01. The van der Waals surface area contributed by atoms with Gasteiger partial charge in [-0.05, 0) is 13.0 Å². The number of carbonyl (C=O) groups is 1. The summed E-state index contributed by atoms with van der Waals surface area (Å²) in [6.45, 7) is 2.07. The van der Waals surface area contributed by atoms with Crippen molar-refractivity contribution < 1.29 is 18.3 Å². The summed E-state index contributed by atoms with van der Waals surface area (Å²) in [5.41, 5.74) is -0.0907. The number of carboxylic acids is 1. The Kier molecular flexibility index (Phi) is 3.70. The molecule has 8 nitrogen and oxygen atoms in total. The number of nitrogens with one attached hydrogen (secondary N) is 1. The maximum absolute atomic E-state index is 12.1. The second kappa shape index (κ2) is 5.29. The molecular formula is C11H12N4O4S. The predicted molar refractivity (Wildman–Crippen MR) is 69.9 cm³/mol. The third-order valence-electron chi connectivity index (χ3n) is 2.54. The Morgan fingerprint density at radius 2 is 2.20 bits per heavy atom. The summed E-state index contributed by atoms with van der Waals surface area (Å²) in [6.07, 6.45) is 5.28. The van der Waals surface area contributed by atoms with Crippen LogP contribution in [0.2, 0.25) is 0 Å². The summed E-state index contributed by atoms with van der Waals surface area (Å²) in [7, 11) is -3.90. The number of anilines is 1. The maximum atomic E-state index is 12.1. The van der Waals surface area contributed by atoms with Crippen molar-refractivity contribution >= 4 is 21.8 Å². The minimum Gasteiger partial charge on any atom is -0.477 e. The molecule has 0 atom stereocenters. The van der Waals surface area contributed by atoms with E-state index in [1.165, 1.54) is 29.4 Å². The lowest BCUT2D eigenvalue weighted by Crippen LogP contribution is -2.13. The molecule has 2 aromatic heterocycles. The highest BCUT2D eigenvalue weighted by atomic mass is 32.2. The Balaban J connectivity index is 2.37. The molecule has 0 bridgehead atoms. The van der Waals surface area contributed by atoms with E-state index in [9.17, 15) is 13.2 Å². The highest BCUT2D eigenvalue weighted by Gasteiger charge is 2.21. The van der Waals surface area contributed by atoms with Gasteiger partial charge in [-0.15, -0.1) is 0 Å². The van der Waals surface area contributed by atoms with Crippen molar-refractivity contribution in [3.8, 4) is 0 Å². The monoisotopic (exact) mass is 296 g/mol. The lowest BCUT2D eigenvalue weighted by atomic mass is 10.4. The molecule has 0 amide bonds. The van der Waals surface area contributed by atoms with E-state index in [4.69, 9.17) is 5.11 Å². The van der Waals surface area contributed by atoms with Gasteiger partial charge in [0, 0.05) is 25.1 Å². The summed E-state index contributed by atoms with van der Waals surface area (Å²) >= 11 is 0. The highest BCUT2D eigenvalue weighted by Crippen LogP contribution is 2.17. The van der Waals surface area contributed by atoms with E-state index < -0.39 is 16.0 Å². The van der Waals surface area contributed by atoms with E-state index in [0.29, 0.717) is 6.54 Å². The molecule has 0 aliphatic carbocycles. The summed E-state index contributed by atoms with van der Waals surface area (Å²) in [6, 6.07) is 1.10. The number of rotatable bonds is 5. The van der Waals surface area contributed by atoms with Crippen LogP contribution in [0, 0.1) is 0 Å². The van der Waals surface area contributed by atoms with Crippen LogP contribution >= 0.6 is 0 Å². The van der Waals surface area contributed by atoms with Crippen LogP contribution < -0.4 is 4.72 Å². The molecule has 0 spiro atoms. The largest absolute Gasteiger partial charge is 0.477 e. The normalized spacial score (nSPS) is 11.2. The first kappa shape index (κ1) is 14.0. The van der Waals surface area contributed by atoms with E-state index in [-0.39, 0.29) is 16.4 Å². The average molecular weight is 296 g/mol. The number of aryl methyl sites for hydroxylation is 1. The molecular weight excluding hydrogens is 284 g/mol. The van der Waals surface area contributed by atoms with Gasteiger partial charge in [0.1, 0.15) is 10.6 Å². The van der Waals surface area contributed by atoms with E-state index in [1.54, 1.807) is 6.92 Å². The molecule has 2 N–H and O–H groups in total. The first-order chi connectivity index (χ1) is 9.44. The minimum absolute atomic E-state index is 0.0635. The minimum atomic E-state index is -3.90. The third-order valence-corrected chi connectivity index (χ3v) is 3.87. The molecule has 0 saturated heterocycles. The molecule has 0 aliphatic rings. The molecule has 0 aromatic carbocycles. The maximum Gasteiger partial charge on any atom is 0.352 e. The Hall–Kier alpha value is -2.42. The Bertz CT molecular complexity index is 724. The van der Waals surface area contributed by atoms with Crippen LogP contribution in [0.5, 0.6) is 0 Å². The fraction of sp³-hybridized carbons (Fsp3) is 0.182. The van der Waals surface area contributed by atoms with Crippen molar-refractivity contribution in [2.24, 2.45) is 0 Å². The molecule has 0 radical (unpaired) electrons. The van der Waals surface area contributed by atoms with Crippen LogP contribution in [0.15, 0.2) is 35.7 Å². The third kappa shape index (κ3) is 2.77. The molecule has 106 valence electrons. The fourth-order valence-corrected chi connectivity index (χ4v) is 2.65. The topological polar surface area (TPSA) is 114 Å². The van der Waals surface area contributed by atoms with Gasteiger partial charge in [-0.2, -0.15) is 0 Å². The predicted octanol–water partition coefficient (Wildman–Crippen LogP) is 0.797. The van der Waals surface area contributed by atoms with Gasteiger partial charge < -0.3 is 9.67 Å². The molecule has 2 aromatic rings. The molecule has 0 fully saturated rings. The van der Waals surface area contributed by atoms with E-state index in [0.717, 1.165) is 6.07 Å². The molecule has 0 unspecified atom stereocenters. The average Bonchev–Trinajstić information content (AvgIpc) is 2.84. The van der Waals surface area contributed by atoms with Crippen LogP contribution in [-0.4, -0.2) is 34.0 Å². The molecule has 9 heteroatoms. The highest BCUT2D eigenvalue weighted by molar-refractivity contribution is 7.92. The fourth-order valence-electron chi connectivity index (χ4n) is 1.62. The van der Waals surface area contributed by atoms with Crippen molar-refractivity contribution in [1.29, 1.82) is 0 Å². The zero-order chi connectivity index (χ0) is 14.8. The van der Waals surface area contributed by atoms with Gasteiger partial charge >= 0.3 is 5.97 Å². The number of nitrogens with zero attached hydrogens (tertiary/aromatic N) is 3. The first-order valence-corrected chi connectivity index (χ1v) is 7.14. The zero-order valence-electron chi connectivity index (χ0n) is 10.5. The van der Waals surface area contributed by atoms with Gasteiger partial charge in [0.25, 0.3) is 10.0 Å². The number of hydrogen-bond acceptors (Lipinski definition) is 5. The lowest BCUT2D eigenvalue weighted by Gasteiger charge is -2.04. The van der Waals surface area contributed by atoms with Crippen LogP contribution in [0.1, 0.15) is 17.4 Å². The lowest BCUT2D eigenvalue weighted by molar-refractivity contribution is 0.0685. The summed E-state index contributed by atoms with van der Waals surface area (Å²) < 4.78 is 27.8. The first-order valence-electron chi connectivity index (χ1n) is 5.66. The standard InChI is InChI=1S/C11H12N4O4S/c1-2-15-7-8(5-9(15)11(16)17)20(18,19)14-10-6-12-3-4-13-10/h3-7H,2H2,1H3,(H,13,14)(H,16,17). The van der Waals surface area contributed by atoms with E-state index in [2.05, 4.69) is 14.7 Å². The summed E-state index contributed by atoms with van der Waals surface area (Å²) in [4.78, 5) is 18.4. The molecule has 2 rings (SSSR count). The number of aromatic carboxylic acids is 1. The Morgan fingerprint density at radius 3 is 2.70 bits per heavy atom. The number of sulfonamides is 1. The van der Waals surface area contributed by atoms with Crippen molar-refractivity contribution in [2.45, 2.75) is 18.4 Å². The number of hydrogen-bond donors (Lipinski definition) is 2. The van der Waals surface area contributed by atoms with E-state index >= 15 is 0 Å². The van der Waals surface area contributed by atoms with E-state index in [1.807, 2.05) is 0 Å². The molecule has 2 heterocycles. The quantitative estimate of drug-likeness (QED) is 0.843. The van der Waals surface area contributed by atoms with Crippen molar-refractivity contribution in [1.82, 2.24) is 14.5 Å². The van der Waals surface area contributed by atoms with Gasteiger partial charge in [-0.25, -0.2) is 18.2 Å². The van der Waals surface area contributed by atoms with Gasteiger partial charge in [-0.1, -0.05) is 0 Å². The smallest absolute Gasteiger partial charge is 0.352 e. The van der Waals surface area contributed by atoms with Crippen molar-refractivity contribution in [3.05, 3.63) is 36.5 Å². The van der Waals surface area contributed by atoms with Crippen LogP contribution in [0.3, 0.4) is 0 Å². The summed E-state index contributed by atoms with van der Waals surface area (Å²) in [5.74, 6) is -1.12. The van der Waals surface area contributed by atoms with Gasteiger partial charge in [-0.3, -0.25) is 9.71 Å². The second-order valence-corrected chi connectivity index (χ2v) is 5.53. The number of carboxylic acid groups (broad SMARTS) is 1. The second-order valence-electron chi connectivity index (χ2n) is 3.85. The molecule has 0 saturated carbocycles. The Morgan fingerprint density at radius 1 is 1.45 bits per heavy atom. The van der Waals surface area contributed by atoms with Gasteiger partial charge in [0.05, 0.1) is 6.20 Å². The van der Waals surface area contributed by atoms with Gasteiger partial charge in [0.15, 0.2) is 5.82 Å². The SMILES string of the molecule is CCn1cc(S(=O)(=O)Nc2cnccn2)cc1C(=O)O. The number of aromatic nitrogens is 3. The molecule has 20 heavy (non-hydrogen) atoms. The van der Waals surface area contributed by atoms with Crippen molar-refractivity contribution in [2.75, 3.05) is 4.72 Å². The van der Waals surface area contributed by atoms with Crippen molar-refractivity contribution in [3.63, 3.8) is 0 Å². The Labute approximate surface area is 115 Å². The molecule has 0 aliphatic heterocycles.